The third kappa shape index (κ3) is 3.64. The molecule has 0 rings (SSSR count). The summed E-state index contributed by atoms with van der Waals surface area (Å²) in [5.41, 5.74) is 0. The molecule has 0 aliphatic heterocycles. The highest BCUT2D eigenvalue weighted by molar-refractivity contribution is 7.98. The smallest absolute Gasteiger partial charge is 0.419 e. The molecule has 0 aromatic heterocycles. The first kappa shape index (κ1) is 9.10. The van der Waals surface area contributed by atoms with Crippen LogP contribution in [0.3, 0.4) is 0 Å². The minimum absolute atomic E-state index is 0.270. The molecule has 1 amide bonds. The zero-order valence-corrected chi connectivity index (χ0v) is 6.88. The van der Waals surface area contributed by atoms with Crippen molar-refractivity contribution in [1.82, 2.24) is 4.31 Å². The Bertz CT molecular complexity index is 121. The number of amides is 1. The number of rotatable bonds is 3. The van der Waals surface area contributed by atoms with E-state index >= 15 is 0 Å². The van der Waals surface area contributed by atoms with Gasteiger partial charge in [-0.3, -0.25) is 5.14 Å². The average Bonchev–Trinajstić information content (AvgIpc) is 1.82. The maximum absolute atomic E-state index is 10.1. The van der Waals surface area contributed by atoms with Crippen LogP contribution < -0.4 is 5.14 Å². The van der Waals surface area contributed by atoms with Gasteiger partial charge in [-0.05, 0) is 7.36 Å². The summed E-state index contributed by atoms with van der Waals surface area (Å²) < 4.78 is 0.967. The van der Waals surface area contributed by atoms with Gasteiger partial charge < -0.3 is 5.11 Å². The van der Waals surface area contributed by atoms with Crippen molar-refractivity contribution in [2.45, 2.75) is 0 Å². The van der Waals surface area contributed by atoms with Gasteiger partial charge in [0.05, 0.1) is 6.29 Å². The number of carbonyl (C=O) groups is 1. The number of hydrogen-bond acceptors (Lipinski definition) is 4. The lowest BCUT2D eigenvalue weighted by Crippen LogP contribution is -2.22. The van der Waals surface area contributed by atoms with Crippen molar-refractivity contribution in [3.63, 3.8) is 0 Å². The first-order valence-corrected chi connectivity index (χ1v) is 4.81. The zero-order chi connectivity index (χ0) is 7.28. The van der Waals surface area contributed by atoms with Gasteiger partial charge in [-0.15, -0.1) is 0 Å². The predicted molar refractivity (Wildman–Crippen MR) is 40.8 cm³/mol. The van der Waals surface area contributed by atoms with Crippen LogP contribution in [0.4, 0.5) is 4.79 Å². The van der Waals surface area contributed by atoms with E-state index in [1.54, 1.807) is 0 Å². The van der Waals surface area contributed by atoms with Crippen molar-refractivity contribution in [1.29, 1.82) is 0 Å². The third-order valence-electron chi connectivity index (χ3n) is 0.527. The molecule has 0 spiro atoms. The highest BCUT2D eigenvalue weighted by Crippen LogP contribution is 2.06. The molecule has 7 heteroatoms. The van der Waals surface area contributed by atoms with Crippen LogP contribution in [0.15, 0.2) is 0 Å². The van der Waals surface area contributed by atoms with E-state index in [4.69, 9.17) is 10.2 Å². The molecule has 0 fully saturated rings. The van der Waals surface area contributed by atoms with Crippen LogP contribution in [0.1, 0.15) is 0 Å². The Morgan fingerprint density at radius 1 is 2.00 bits per heavy atom. The molecule has 3 N–H and O–H groups in total. The predicted octanol–water partition coefficient (Wildman–Crippen LogP) is 0.854. The maximum atomic E-state index is 10.1. The molecule has 0 bridgehead atoms. The third-order valence-corrected chi connectivity index (χ3v) is 2.00. The maximum Gasteiger partial charge on any atom is 0.419 e. The van der Waals surface area contributed by atoms with Gasteiger partial charge in [0, 0.05) is 12.1 Å². The topological polar surface area (TPSA) is 66.6 Å². The molecule has 4 nitrogen and oxygen atoms in total. The van der Waals surface area contributed by atoms with Gasteiger partial charge in [-0.1, -0.05) is 11.8 Å². The Morgan fingerprint density at radius 2 is 2.56 bits per heavy atom. The van der Waals surface area contributed by atoms with Gasteiger partial charge in [0.25, 0.3) is 0 Å². The summed E-state index contributed by atoms with van der Waals surface area (Å²) in [6.45, 7) is 0. The summed E-state index contributed by atoms with van der Waals surface area (Å²) in [6.07, 6.45) is -0.786. The lowest BCUT2D eigenvalue weighted by atomic mass is 11.1. The molecule has 9 heavy (non-hydrogen) atoms. The van der Waals surface area contributed by atoms with Crippen molar-refractivity contribution in [2.75, 3.05) is 6.29 Å². The molecule has 0 unspecified atom stereocenters. The fourth-order valence-corrected chi connectivity index (χ4v) is 1.51. The van der Waals surface area contributed by atoms with E-state index in [1.165, 1.54) is 0 Å². The van der Waals surface area contributed by atoms with Crippen molar-refractivity contribution in [3.05, 3.63) is 0 Å². The van der Waals surface area contributed by atoms with E-state index in [1.807, 2.05) is 0 Å². The van der Waals surface area contributed by atoms with E-state index in [9.17, 15) is 4.79 Å². The molecule has 0 aromatic rings. The summed E-state index contributed by atoms with van der Waals surface area (Å²) in [4.78, 5) is 10.1. The fraction of sp³-hybridized carbons (Fsp3) is 0.500. The Morgan fingerprint density at radius 3 is 2.67 bits per heavy atom. The van der Waals surface area contributed by atoms with Crippen LogP contribution in [0.2, 0.25) is 0 Å². The summed E-state index contributed by atoms with van der Waals surface area (Å²) >= 11 is 5.17. The van der Waals surface area contributed by atoms with Gasteiger partial charge in [-0.25, -0.2) is 9.10 Å². The van der Waals surface area contributed by atoms with Crippen molar-refractivity contribution in [3.8, 4) is 0 Å². The van der Waals surface area contributed by atoms with Crippen molar-refractivity contribution < 1.29 is 9.90 Å². The van der Waals surface area contributed by atoms with Crippen LogP contribution in [0, 0.1) is 0 Å². The van der Waals surface area contributed by atoms with Crippen LogP contribution in [0.25, 0.3) is 0 Å². The lowest BCUT2D eigenvalue weighted by molar-refractivity contribution is 0.179. The molecule has 0 saturated carbocycles. The second kappa shape index (κ2) is 4.93. The van der Waals surface area contributed by atoms with Crippen LogP contribution in [0.5, 0.6) is 0 Å². The second-order valence-corrected chi connectivity index (χ2v) is 3.00. The van der Waals surface area contributed by atoms with E-state index in [0.717, 1.165) is 4.31 Å². The molecule has 0 aliphatic rings. The second-order valence-electron chi connectivity index (χ2n) is 1.04. The molecule has 0 aromatic carbocycles. The van der Waals surface area contributed by atoms with Crippen molar-refractivity contribution in [2.24, 2.45) is 5.14 Å². The molecular weight excluding hydrogens is 179 g/mol. The van der Waals surface area contributed by atoms with Gasteiger partial charge in [0.15, 0.2) is 0 Å². The van der Waals surface area contributed by atoms with Gasteiger partial charge >= 0.3 is 6.09 Å². The molecule has 0 aliphatic carbocycles. The van der Waals surface area contributed by atoms with Crippen molar-refractivity contribution >= 4 is 37.4 Å². The highest BCUT2D eigenvalue weighted by atomic mass is 32.4. The SMILES string of the molecule is NSN(CP=S)C(=O)O. The Balaban J connectivity index is 3.67. The first-order valence-electron chi connectivity index (χ1n) is 1.88. The number of nitrogens with zero attached hydrogens (tertiary/aromatic N) is 1. The first-order chi connectivity index (χ1) is 4.22. The number of carboxylic acid groups (broad SMARTS) is 1. The Hall–Kier alpha value is 0.100. The van der Waals surface area contributed by atoms with E-state index in [-0.39, 0.29) is 6.29 Å². The fourth-order valence-electron chi connectivity index (χ4n) is 0.191. The van der Waals surface area contributed by atoms with E-state index in [2.05, 4.69) is 11.8 Å². The van der Waals surface area contributed by atoms with Crippen LogP contribution >= 0.6 is 19.5 Å². The minimum atomic E-state index is -1.06. The van der Waals surface area contributed by atoms with Gasteiger partial charge in [0.2, 0.25) is 0 Å². The Labute approximate surface area is 63.5 Å². The van der Waals surface area contributed by atoms with Gasteiger partial charge in [-0.2, -0.15) is 0 Å². The van der Waals surface area contributed by atoms with Crippen LogP contribution in [-0.2, 0) is 11.8 Å². The monoisotopic (exact) mass is 184 g/mol. The normalized spacial score (nSPS) is 9.44. The van der Waals surface area contributed by atoms with E-state index < -0.39 is 6.09 Å². The molecule has 0 radical (unpaired) electrons. The Kier molecular flexibility index (Phi) is 4.99. The summed E-state index contributed by atoms with van der Waals surface area (Å²) in [7, 11) is 0.578. The van der Waals surface area contributed by atoms with Crippen LogP contribution in [-0.4, -0.2) is 21.8 Å². The summed E-state index contributed by atoms with van der Waals surface area (Å²) in [5, 5.41) is 13.2. The lowest BCUT2D eigenvalue weighted by Gasteiger charge is -2.09. The van der Waals surface area contributed by atoms with Gasteiger partial charge in [0.1, 0.15) is 0 Å². The molecule has 0 saturated heterocycles. The summed E-state index contributed by atoms with van der Waals surface area (Å²) in [5.74, 6) is 0. The molecular formula is C2H5N2O2PS2. The highest BCUT2D eigenvalue weighted by Gasteiger charge is 2.07. The number of hydrogen-bond donors (Lipinski definition) is 2. The van der Waals surface area contributed by atoms with E-state index in [0.29, 0.717) is 19.5 Å². The molecule has 0 atom stereocenters. The largest absolute Gasteiger partial charge is 0.464 e. The number of nitrogens with two attached hydrogens (primary N) is 1. The zero-order valence-electron chi connectivity index (χ0n) is 4.35. The standard InChI is InChI=1S/C2H5N2O2PS2/c3-9-4(1-7-8)2(5)6/h1,3H2,(H,5,6). The molecule has 52 valence electrons. The average molecular weight is 184 g/mol. The summed E-state index contributed by atoms with van der Waals surface area (Å²) in [6, 6.07) is 0. The molecule has 0 heterocycles. The quantitative estimate of drug-likeness (QED) is 0.503. The minimum Gasteiger partial charge on any atom is -0.464 e.